The molecule has 3 rings (SSSR count). The summed E-state index contributed by atoms with van der Waals surface area (Å²) in [7, 11) is 2.97. The molecule has 160 valence electrons. The fourth-order valence-electron chi connectivity index (χ4n) is 3.52. The van der Waals surface area contributed by atoms with Crippen LogP contribution >= 0.6 is 34.5 Å². The Morgan fingerprint density at radius 1 is 1.27 bits per heavy atom. The van der Waals surface area contributed by atoms with Crippen LogP contribution in [-0.2, 0) is 14.3 Å². The van der Waals surface area contributed by atoms with E-state index in [0.29, 0.717) is 19.6 Å². The fourth-order valence-corrected chi connectivity index (χ4v) is 5.13. The monoisotopic (exact) mass is 469 g/mol. The van der Waals surface area contributed by atoms with Crippen molar-refractivity contribution in [2.75, 3.05) is 27.4 Å². The van der Waals surface area contributed by atoms with Gasteiger partial charge in [-0.2, -0.15) is 0 Å². The molecule has 1 saturated heterocycles. The predicted octanol–water partition coefficient (Wildman–Crippen LogP) is 4.83. The molecular weight excluding hydrogens is 449 g/mol. The van der Waals surface area contributed by atoms with Crippen molar-refractivity contribution in [3.8, 4) is 5.75 Å². The van der Waals surface area contributed by atoms with Crippen LogP contribution in [0.1, 0.15) is 28.5 Å². The minimum atomic E-state index is -0.763. The highest BCUT2D eigenvalue weighted by molar-refractivity contribution is 7.10. The van der Waals surface area contributed by atoms with Crippen molar-refractivity contribution in [3.05, 3.63) is 55.2 Å². The minimum absolute atomic E-state index is 0.0143. The van der Waals surface area contributed by atoms with Crippen molar-refractivity contribution >= 4 is 52.0 Å². The van der Waals surface area contributed by atoms with E-state index in [1.807, 2.05) is 18.4 Å². The largest absolute Gasteiger partial charge is 0.507 e. The Morgan fingerprint density at radius 3 is 2.60 bits per heavy atom. The number of halogens is 2. The van der Waals surface area contributed by atoms with Crippen LogP contribution in [0.3, 0.4) is 0 Å². The second-order valence-electron chi connectivity index (χ2n) is 6.78. The molecule has 1 aliphatic rings. The zero-order chi connectivity index (χ0) is 22.0. The number of hydrogen-bond donors (Lipinski definition) is 1. The summed E-state index contributed by atoms with van der Waals surface area (Å²) in [6, 6.07) is 4.12. The Balaban J connectivity index is 2.21. The number of carbonyl (C=O) groups is 2. The third-order valence-corrected chi connectivity index (χ3v) is 6.48. The molecule has 1 N–H and O–H groups in total. The van der Waals surface area contributed by atoms with Crippen molar-refractivity contribution in [1.29, 1.82) is 0 Å². The van der Waals surface area contributed by atoms with Crippen molar-refractivity contribution in [2.24, 2.45) is 0 Å². The Labute approximate surface area is 188 Å². The number of Topliss-reactive ketones (excluding diaryl/α,β-unsaturated/α-hetero) is 1. The number of hydrogen-bond acceptors (Lipinski definition) is 6. The molecule has 1 unspecified atom stereocenters. The number of nitrogens with zero attached hydrogens (tertiary/aromatic N) is 1. The van der Waals surface area contributed by atoms with Crippen molar-refractivity contribution in [3.63, 3.8) is 0 Å². The highest BCUT2D eigenvalue weighted by Gasteiger charge is 2.47. The number of benzene rings is 1. The van der Waals surface area contributed by atoms with Crippen LogP contribution in [0.5, 0.6) is 5.75 Å². The van der Waals surface area contributed by atoms with E-state index < -0.39 is 17.7 Å². The van der Waals surface area contributed by atoms with E-state index in [1.165, 1.54) is 35.5 Å². The van der Waals surface area contributed by atoms with E-state index in [-0.39, 0.29) is 32.7 Å². The number of carbonyl (C=O) groups excluding carboxylic acids is 2. The smallest absolute Gasteiger partial charge is 0.295 e. The van der Waals surface area contributed by atoms with Gasteiger partial charge in [0.05, 0.1) is 29.3 Å². The molecule has 1 atom stereocenters. The predicted molar refractivity (Wildman–Crippen MR) is 118 cm³/mol. The number of amides is 1. The van der Waals surface area contributed by atoms with Gasteiger partial charge in [0.25, 0.3) is 11.7 Å². The molecule has 2 aromatic rings. The normalized spacial score (nSPS) is 18.3. The molecule has 1 fully saturated rings. The number of aliphatic hydroxyl groups is 1. The summed E-state index contributed by atoms with van der Waals surface area (Å²) in [5, 5.41) is 13.5. The molecule has 1 aromatic carbocycles. The Kier molecular flexibility index (Phi) is 7.08. The number of ketones is 1. The maximum Gasteiger partial charge on any atom is 0.295 e. The minimum Gasteiger partial charge on any atom is -0.507 e. The zero-order valence-electron chi connectivity index (χ0n) is 16.7. The highest BCUT2D eigenvalue weighted by atomic mass is 35.5. The topological polar surface area (TPSA) is 76.1 Å². The second-order valence-corrected chi connectivity index (χ2v) is 8.57. The summed E-state index contributed by atoms with van der Waals surface area (Å²) in [4.78, 5) is 28.2. The average Bonchev–Trinajstić information content (AvgIpc) is 3.22. The molecule has 6 nitrogen and oxygen atoms in total. The number of likely N-dealkylation sites (tertiary alicyclic amines) is 1. The SMILES string of the molecule is COCCCN1C(=O)C(=O)/C(=C(/O)c2cc(Cl)cc(Cl)c2OC)C1c1sccc1C. The van der Waals surface area contributed by atoms with Gasteiger partial charge in [-0.1, -0.05) is 23.2 Å². The number of thiophene rings is 1. The molecule has 30 heavy (non-hydrogen) atoms. The van der Waals surface area contributed by atoms with Crippen LogP contribution in [0.15, 0.2) is 29.2 Å². The first-order chi connectivity index (χ1) is 14.3. The van der Waals surface area contributed by atoms with E-state index in [2.05, 4.69) is 0 Å². The van der Waals surface area contributed by atoms with Crippen LogP contribution < -0.4 is 4.74 Å². The summed E-state index contributed by atoms with van der Waals surface area (Å²) >= 11 is 13.7. The molecule has 0 aliphatic carbocycles. The zero-order valence-corrected chi connectivity index (χ0v) is 19.0. The van der Waals surface area contributed by atoms with Crippen molar-refractivity contribution in [2.45, 2.75) is 19.4 Å². The van der Waals surface area contributed by atoms with Gasteiger partial charge in [-0.15, -0.1) is 11.3 Å². The van der Waals surface area contributed by atoms with Gasteiger partial charge in [-0.3, -0.25) is 9.59 Å². The lowest BCUT2D eigenvalue weighted by atomic mass is 9.98. The van der Waals surface area contributed by atoms with Crippen LogP contribution in [0.4, 0.5) is 0 Å². The van der Waals surface area contributed by atoms with E-state index in [0.717, 1.165) is 10.4 Å². The standard InChI is InChI=1S/C21H21Cl2NO5S/c1-11-5-8-30-20(11)16-15(18(26)21(27)24(16)6-4-7-28-2)17(25)13-9-12(22)10-14(23)19(13)29-3/h5,8-10,16,25H,4,6-7H2,1-3H3/b17-15+. The van der Waals surface area contributed by atoms with Gasteiger partial charge in [-0.05, 0) is 42.5 Å². The third-order valence-electron chi connectivity index (χ3n) is 4.91. The van der Waals surface area contributed by atoms with E-state index in [1.54, 1.807) is 7.11 Å². The van der Waals surface area contributed by atoms with Crippen molar-refractivity contribution in [1.82, 2.24) is 4.90 Å². The molecule has 1 amide bonds. The average molecular weight is 470 g/mol. The molecule has 9 heteroatoms. The second kappa shape index (κ2) is 9.39. The Morgan fingerprint density at radius 2 is 2.00 bits per heavy atom. The molecule has 1 aromatic heterocycles. The molecule has 0 radical (unpaired) electrons. The third kappa shape index (κ3) is 4.07. The maximum atomic E-state index is 13.0. The van der Waals surface area contributed by atoms with Crippen LogP contribution in [0.2, 0.25) is 10.0 Å². The number of rotatable bonds is 7. The van der Waals surface area contributed by atoms with E-state index in [4.69, 9.17) is 32.7 Å². The van der Waals surface area contributed by atoms with Gasteiger partial charge in [0.15, 0.2) is 0 Å². The first-order valence-electron chi connectivity index (χ1n) is 9.16. The van der Waals surface area contributed by atoms with Gasteiger partial charge < -0.3 is 19.5 Å². The van der Waals surface area contributed by atoms with Crippen LogP contribution in [0, 0.1) is 6.92 Å². The molecule has 0 saturated carbocycles. The maximum absolute atomic E-state index is 13.0. The summed E-state index contributed by atoms with van der Waals surface area (Å²) in [6.07, 6.45) is 0.552. The van der Waals surface area contributed by atoms with Gasteiger partial charge in [0.2, 0.25) is 0 Å². The summed E-state index contributed by atoms with van der Waals surface area (Å²) in [5.41, 5.74) is 1.06. The van der Waals surface area contributed by atoms with E-state index in [9.17, 15) is 14.7 Å². The van der Waals surface area contributed by atoms with Gasteiger partial charge in [-0.25, -0.2) is 0 Å². The fraction of sp³-hybridized carbons (Fsp3) is 0.333. The lowest BCUT2D eigenvalue weighted by molar-refractivity contribution is -0.140. The van der Waals surface area contributed by atoms with Gasteiger partial charge in [0, 0.05) is 30.2 Å². The Hall–Kier alpha value is -2.06. The quantitative estimate of drug-likeness (QED) is 0.272. The molecule has 0 bridgehead atoms. The summed E-state index contributed by atoms with van der Waals surface area (Å²) in [5.74, 6) is -1.63. The van der Waals surface area contributed by atoms with Crippen LogP contribution in [-0.4, -0.2) is 49.1 Å². The van der Waals surface area contributed by atoms with Crippen molar-refractivity contribution < 1.29 is 24.2 Å². The van der Waals surface area contributed by atoms with E-state index >= 15 is 0 Å². The lowest BCUT2D eigenvalue weighted by Gasteiger charge is -2.25. The lowest BCUT2D eigenvalue weighted by Crippen LogP contribution is -2.31. The Bertz CT molecular complexity index is 1020. The molecule has 1 aliphatic heterocycles. The molecule has 0 spiro atoms. The molecule has 2 heterocycles. The number of ether oxygens (including phenoxy) is 2. The number of aliphatic hydroxyl groups excluding tert-OH is 1. The van der Waals surface area contributed by atoms with Gasteiger partial charge >= 0.3 is 0 Å². The summed E-state index contributed by atoms with van der Waals surface area (Å²) in [6.45, 7) is 2.65. The van der Waals surface area contributed by atoms with Gasteiger partial charge in [0.1, 0.15) is 11.5 Å². The van der Waals surface area contributed by atoms with Crippen LogP contribution in [0.25, 0.3) is 5.76 Å². The first-order valence-corrected chi connectivity index (χ1v) is 10.8. The number of methoxy groups -OCH3 is 2. The highest BCUT2D eigenvalue weighted by Crippen LogP contribution is 2.45. The first kappa shape index (κ1) is 22.6. The number of aryl methyl sites for hydroxylation is 1. The summed E-state index contributed by atoms with van der Waals surface area (Å²) < 4.78 is 10.4. The molecular formula is C21H21Cl2NO5S.